The minimum absolute atomic E-state index is 0.0194. The first-order chi connectivity index (χ1) is 13.8. The van der Waals surface area contributed by atoms with Gasteiger partial charge in [0.15, 0.2) is 12.7 Å². The highest BCUT2D eigenvalue weighted by atomic mass is 16.6. The first-order valence-corrected chi connectivity index (χ1v) is 9.61. The first-order valence-electron chi connectivity index (χ1n) is 9.61. The largest absolute Gasteiger partial charge is 0.481 e. The van der Waals surface area contributed by atoms with Crippen molar-refractivity contribution < 1.29 is 23.9 Å². The summed E-state index contributed by atoms with van der Waals surface area (Å²) < 4.78 is 10.9. The lowest BCUT2D eigenvalue weighted by atomic mass is 10.0. The molecule has 0 N–H and O–H groups in total. The van der Waals surface area contributed by atoms with Gasteiger partial charge in [-0.3, -0.25) is 9.59 Å². The summed E-state index contributed by atoms with van der Waals surface area (Å²) in [5, 5.41) is 0. The highest BCUT2D eigenvalue weighted by molar-refractivity contribution is 6.01. The van der Waals surface area contributed by atoms with Crippen molar-refractivity contribution >= 4 is 23.3 Å². The predicted molar refractivity (Wildman–Crippen MR) is 109 cm³/mol. The summed E-state index contributed by atoms with van der Waals surface area (Å²) >= 11 is 0. The maximum Gasteiger partial charge on any atom is 0.344 e. The van der Waals surface area contributed by atoms with Crippen LogP contribution < -0.4 is 9.64 Å². The quantitative estimate of drug-likeness (QED) is 0.554. The van der Waals surface area contributed by atoms with Crippen LogP contribution in [0.3, 0.4) is 0 Å². The maximum atomic E-state index is 12.7. The molecule has 1 atom stereocenters. The van der Waals surface area contributed by atoms with Gasteiger partial charge in [0.25, 0.3) is 0 Å². The van der Waals surface area contributed by atoms with Gasteiger partial charge in [0.2, 0.25) is 11.7 Å². The molecule has 0 radical (unpaired) electrons. The molecule has 2 aromatic carbocycles. The average Bonchev–Trinajstić information content (AvgIpc) is 3.10. The fourth-order valence-electron chi connectivity index (χ4n) is 3.56. The van der Waals surface area contributed by atoms with Crippen LogP contribution in [0.4, 0.5) is 5.69 Å². The number of carbonyl (C=O) groups excluding carboxylic acids is 3. The van der Waals surface area contributed by atoms with Crippen molar-refractivity contribution in [1.29, 1.82) is 0 Å². The molecule has 1 aliphatic rings. The smallest absolute Gasteiger partial charge is 0.344 e. The molecule has 29 heavy (non-hydrogen) atoms. The Morgan fingerprint density at radius 3 is 2.45 bits per heavy atom. The monoisotopic (exact) mass is 395 g/mol. The molecule has 1 heterocycles. The van der Waals surface area contributed by atoms with Crippen LogP contribution in [0.15, 0.2) is 36.4 Å². The predicted octanol–water partition coefficient (Wildman–Crippen LogP) is 3.41. The SMILES string of the molecule is CC(=O)N1CCc2cc(C(=O)C(C)OC(=O)COc3c(C)cccc3C)ccc21. The number of fused-ring (bicyclic) bond motifs is 1. The van der Waals surface area contributed by atoms with E-state index in [1.807, 2.05) is 32.0 Å². The van der Waals surface area contributed by atoms with Crippen LogP contribution >= 0.6 is 0 Å². The Balaban J connectivity index is 1.61. The maximum absolute atomic E-state index is 12.7. The molecule has 6 nitrogen and oxygen atoms in total. The lowest BCUT2D eigenvalue weighted by molar-refractivity contribution is -0.148. The lowest BCUT2D eigenvalue weighted by Gasteiger charge is -2.16. The third kappa shape index (κ3) is 4.47. The molecule has 0 saturated heterocycles. The van der Waals surface area contributed by atoms with Crippen LogP contribution in [-0.4, -0.2) is 36.9 Å². The molecule has 0 fully saturated rings. The van der Waals surface area contributed by atoms with Crippen molar-refractivity contribution in [1.82, 2.24) is 0 Å². The Kier molecular flexibility index (Phi) is 6.01. The van der Waals surface area contributed by atoms with Gasteiger partial charge >= 0.3 is 5.97 Å². The number of nitrogens with zero attached hydrogens (tertiary/aromatic N) is 1. The molecular weight excluding hydrogens is 370 g/mol. The summed E-state index contributed by atoms with van der Waals surface area (Å²) in [5.41, 5.74) is 4.10. The summed E-state index contributed by atoms with van der Waals surface area (Å²) in [6.07, 6.45) is -0.221. The Hall–Kier alpha value is -3.15. The standard InChI is InChI=1S/C23H25NO5/c1-14-6-5-7-15(2)23(14)28-13-21(26)29-16(3)22(27)19-8-9-20-18(12-19)10-11-24(20)17(4)25/h5-9,12,16H,10-11,13H2,1-4H3. The molecule has 0 aliphatic carbocycles. The molecule has 6 heteroatoms. The summed E-state index contributed by atoms with van der Waals surface area (Å²) in [6, 6.07) is 10.9. The number of ether oxygens (including phenoxy) is 2. The fraction of sp³-hybridized carbons (Fsp3) is 0.348. The van der Waals surface area contributed by atoms with E-state index in [4.69, 9.17) is 9.47 Å². The van der Waals surface area contributed by atoms with Gasteiger partial charge in [-0.2, -0.15) is 0 Å². The van der Waals surface area contributed by atoms with Gasteiger partial charge in [0, 0.05) is 24.7 Å². The number of carbonyl (C=O) groups is 3. The van der Waals surface area contributed by atoms with E-state index < -0.39 is 12.1 Å². The molecule has 1 amide bonds. The van der Waals surface area contributed by atoms with Crippen molar-refractivity contribution in [2.45, 2.75) is 40.2 Å². The number of aryl methyl sites for hydroxylation is 2. The lowest BCUT2D eigenvalue weighted by Crippen LogP contribution is -2.27. The van der Waals surface area contributed by atoms with Crippen LogP contribution in [-0.2, 0) is 20.7 Å². The van der Waals surface area contributed by atoms with E-state index in [1.165, 1.54) is 6.92 Å². The second kappa shape index (κ2) is 8.47. The summed E-state index contributed by atoms with van der Waals surface area (Å²) in [5.74, 6) is -0.252. The summed E-state index contributed by atoms with van der Waals surface area (Å²) in [4.78, 5) is 38.2. The Bertz CT molecular complexity index is 945. The van der Waals surface area contributed by atoms with Crippen LogP contribution in [0.5, 0.6) is 5.75 Å². The molecule has 152 valence electrons. The normalized spacial score (nSPS) is 13.6. The number of Topliss-reactive ketones (excluding diaryl/α,β-unsaturated/α-hetero) is 1. The van der Waals surface area contributed by atoms with Gasteiger partial charge in [-0.05, 0) is 62.1 Å². The minimum Gasteiger partial charge on any atom is -0.481 e. The molecule has 0 bridgehead atoms. The van der Waals surface area contributed by atoms with E-state index in [2.05, 4.69) is 0 Å². The Morgan fingerprint density at radius 2 is 1.79 bits per heavy atom. The number of ketones is 1. The van der Waals surface area contributed by atoms with E-state index in [0.29, 0.717) is 24.3 Å². The van der Waals surface area contributed by atoms with Gasteiger partial charge in [0.1, 0.15) is 5.75 Å². The number of rotatable bonds is 6. The third-order valence-electron chi connectivity index (χ3n) is 5.06. The second-order valence-corrected chi connectivity index (χ2v) is 7.27. The third-order valence-corrected chi connectivity index (χ3v) is 5.06. The van der Waals surface area contributed by atoms with Crippen molar-refractivity contribution in [3.63, 3.8) is 0 Å². The van der Waals surface area contributed by atoms with Crippen LogP contribution in [0.1, 0.15) is 40.9 Å². The summed E-state index contributed by atoms with van der Waals surface area (Å²) in [7, 11) is 0. The number of benzene rings is 2. The molecule has 2 aromatic rings. The molecule has 0 saturated carbocycles. The van der Waals surface area contributed by atoms with E-state index >= 15 is 0 Å². The topological polar surface area (TPSA) is 72.9 Å². The van der Waals surface area contributed by atoms with Crippen molar-refractivity contribution in [3.05, 3.63) is 58.7 Å². The Labute approximate surface area is 170 Å². The number of para-hydroxylation sites is 1. The Morgan fingerprint density at radius 1 is 1.10 bits per heavy atom. The number of hydrogen-bond acceptors (Lipinski definition) is 5. The zero-order chi connectivity index (χ0) is 21.1. The average molecular weight is 395 g/mol. The van der Waals surface area contributed by atoms with Crippen molar-refractivity contribution in [2.24, 2.45) is 0 Å². The molecular formula is C23H25NO5. The zero-order valence-corrected chi connectivity index (χ0v) is 17.2. The van der Waals surface area contributed by atoms with Gasteiger partial charge in [-0.15, -0.1) is 0 Å². The van der Waals surface area contributed by atoms with Crippen LogP contribution in [0.2, 0.25) is 0 Å². The number of hydrogen-bond donors (Lipinski definition) is 0. The minimum atomic E-state index is -0.924. The molecule has 1 aliphatic heterocycles. The van der Waals surface area contributed by atoms with Crippen molar-refractivity contribution in [2.75, 3.05) is 18.1 Å². The number of amides is 1. The highest BCUT2D eigenvalue weighted by Gasteiger charge is 2.25. The highest BCUT2D eigenvalue weighted by Crippen LogP contribution is 2.29. The van der Waals surface area contributed by atoms with Gasteiger partial charge in [-0.1, -0.05) is 18.2 Å². The van der Waals surface area contributed by atoms with E-state index in [0.717, 1.165) is 22.4 Å². The number of anilines is 1. The molecule has 3 rings (SSSR count). The van der Waals surface area contributed by atoms with E-state index in [-0.39, 0.29) is 18.3 Å². The second-order valence-electron chi connectivity index (χ2n) is 7.27. The molecule has 0 spiro atoms. The molecule has 0 aromatic heterocycles. The van der Waals surface area contributed by atoms with E-state index in [1.54, 1.807) is 30.0 Å². The van der Waals surface area contributed by atoms with Gasteiger partial charge in [-0.25, -0.2) is 4.79 Å². The van der Waals surface area contributed by atoms with Crippen molar-refractivity contribution in [3.8, 4) is 5.75 Å². The summed E-state index contributed by atoms with van der Waals surface area (Å²) in [6.45, 7) is 7.23. The number of esters is 1. The van der Waals surface area contributed by atoms with Gasteiger partial charge < -0.3 is 14.4 Å². The van der Waals surface area contributed by atoms with Crippen LogP contribution in [0, 0.1) is 13.8 Å². The van der Waals surface area contributed by atoms with Crippen LogP contribution in [0.25, 0.3) is 0 Å². The first kappa shape index (κ1) is 20.6. The van der Waals surface area contributed by atoms with Gasteiger partial charge in [0.05, 0.1) is 0 Å². The fourth-order valence-corrected chi connectivity index (χ4v) is 3.56. The zero-order valence-electron chi connectivity index (χ0n) is 17.2. The molecule has 1 unspecified atom stereocenters. The van der Waals surface area contributed by atoms with E-state index in [9.17, 15) is 14.4 Å².